The summed E-state index contributed by atoms with van der Waals surface area (Å²) >= 11 is 0. The lowest BCUT2D eigenvalue weighted by Gasteiger charge is -2.18. The second kappa shape index (κ2) is 9.90. The van der Waals surface area contributed by atoms with Crippen molar-refractivity contribution in [1.29, 1.82) is 0 Å². The highest BCUT2D eigenvalue weighted by Gasteiger charge is 2.09. The van der Waals surface area contributed by atoms with E-state index in [1.807, 2.05) is 31.2 Å². The van der Waals surface area contributed by atoms with Gasteiger partial charge >= 0.3 is 0 Å². The van der Waals surface area contributed by atoms with Crippen LogP contribution in [0.1, 0.15) is 38.3 Å². The summed E-state index contributed by atoms with van der Waals surface area (Å²) in [6.07, 6.45) is 0.690. The van der Waals surface area contributed by atoms with Crippen molar-refractivity contribution in [3.63, 3.8) is 0 Å². The molecule has 4 heteroatoms. The smallest absolute Gasteiger partial charge is 0.0897 e. The molecule has 0 fully saturated rings. The van der Waals surface area contributed by atoms with Crippen LogP contribution in [-0.4, -0.2) is 35.6 Å². The fraction of sp³-hybridized carbons (Fsp3) is 0.647. The Morgan fingerprint density at radius 3 is 2.57 bits per heavy atom. The molecule has 0 radical (unpaired) electrons. The molecule has 0 saturated carbocycles. The molecule has 1 aromatic rings. The van der Waals surface area contributed by atoms with Gasteiger partial charge in [-0.25, -0.2) is 0 Å². The summed E-state index contributed by atoms with van der Waals surface area (Å²) in [5.74, 6) is 0.606. The first-order valence-electron chi connectivity index (χ1n) is 7.70. The fourth-order valence-electron chi connectivity index (χ4n) is 2.29. The van der Waals surface area contributed by atoms with Crippen LogP contribution in [0.25, 0.3) is 0 Å². The van der Waals surface area contributed by atoms with Gasteiger partial charge in [-0.1, -0.05) is 38.1 Å². The summed E-state index contributed by atoms with van der Waals surface area (Å²) in [7, 11) is 0. The molecule has 0 heterocycles. The van der Waals surface area contributed by atoms with Gasteiger partial charge in [-0.3, -0.25) is 0 Å². The van der Waals surface area contributed by atoms with E-state index in [2.05, 4.69) is 19.2 Å². The van der Waals surface area contributed by atoms with E-state index in [4.69, 9.17) is 9.84 Å². The summed E-state index contributed by atoms with van der Waals surface area (Å²) < 4.78 is 5.63. The summed E-state index contributed by atoms with van der Waals surface area (Å²) in [5.41, 5.74) is 2.00. The summed E-state index contributed by atoms with van der Waals surface area (Å²) in [5, 5.41) is 22.2. The molecule has 0 aromatic heterocycles. The highest BCUT2D eigenvalue weighted by molar-refractivity contribution is 5.22. The van der Waals surface area contributed by atoms with E-state index in [-0.39, 0.29) is 12.7 Å². The number of rotatable bonds is 10. The van der Waals surface area contributed by atoms with E-state index in [1.54, 1.807) is 0 Å². The standard InChI is InChI=1S/C17H29NO3/c1-13(2)7-14(3)21-12-17(20)10-18-9-15-5-4-6-16(8-15)11-19/h4-6,8,13-14,17-20H,7,9-12H2,1-3H3. The van der Waals surface area contributed by atoms with Gasteiger partial charge in [0.05, 0.1) is 25.4 Å². The number of aliphatic hydroxyl groups is 2. The average Bonchev–Trinajstić information content (AvgIpc) is 2.44. The number of hydrogen-bond donors (Lipinski definition) is 3. The van der Waals surface area contributed by atoms with Crippen molar-refractivity contribution < 1.29 is 14.9 Å². The van der Waals surface area contributed by atoms with Gasteiger partial charge < -0.3 is 20.3 Å². The predicted octanol–water partition coefficient (Wildman–Crippen LogP) is 2.08. The van der Waals surface area contributed by atoms with Gasteiger partial charge in [-0.15, -0.1) is 0 Å². The van der Waals surface area contributed by atoms with Gasteiger partial charge in [-0.05, 0) is 30.4 Å². The summed E-state index contributed by atoms with van der Waals surface area (Å²) in [4.78, 5) is 0. The zero-order valence-corrected chi connectivity index (χ0v) is 13.4. The molecule has 21 heavy (non-hydrogen) atoms. The summed E-state index contributed by atoms with van der Waals surface area (Å²) in [6, 6.07) is 7.78. The number of ether oxygens (including phenoxy) is 1. The van der Waals surface area contributed by atoms with Crippen molar-refractivity contribution in [2.75, 3.05) is 13.2 Å². The maximum Gasteiger partial charge on any atom is 0.0897 e. The zero-order chi connectivity index (χ0) is 15.7. The lowest BCUT2D eigenvalue weighted by Crippen LogP contribution is -2.31. The van der Waals surface area contributed by atoms with Gasteiger partial charge in [0.15, 0.2) is 0 Å². The topological polar surface area (TPSA) is 61.7 Å². The third-order valence-corrected chi connectivity index (χ3v) is 3.26. The normalized spacial score (nSPS) is 14.4. The predicted molar refractivity (Wildman–Crippen MR) is 84.9 cm³/mol. The largest absolute Gasteiger partial charge is 0.392 e. The Bertz CT molecular complexity index is 395. The molecule has 0 spiro atoms. The molecule has 0 aliphatic rings. The molecule has 0 aliphatic carbocycles. The number of aliphatic hydroxyl groups excluding tert-OH is 2. The maximum atomic E-state index is 9.88. The lowest BCUT2D eigenvalue weighted by molar-refractivity contribution is -0.00857. The van der Waals surface area contributed by atoms with E-state index < -0.39 is 6.10 Å². The minimum Gasteiger partial charge on any atom is -0.392 e. The first-order chi connectivity index (χ1) is 10.0. The van der Waals surface area contributed by atoms with E-state index in [0.717, 1.165) is 17.5 Å². The Balaban J connectivity index is 2.19. The van der Waals surface area contributed by atoms with Gasteiger partial charge in [0.25, 0.3) is 0 Å². The van der Waals surface area contributed by atoms with Crippen LogP contribution in [0.15, 0.2) is 24.3 Å². The van der Waals surface area contributed by atoms with E-state index in [0.29, 0.717) is 25.6 Å². The molecule has 0 saturated heterocycles. The van der Waals surface area contributed by atoms with E-state index >= 15 is 0 Å². The molecule has 1 rings (SSSR count). The van der Waals surface area contributed by atoms with Crippen LogP contribution in [0.4, 0.5) is 0 Å². The van der Waals surface area contributed by atoms with Gasteiger partial charge in [0.2, 0.25) is 0 Å². The van der Waals surface area contributed by atoms with Crippen molar-refractivity contribution in [3.05, 3.63) is 35.4 Å². The van der Waals surface area contributed by atoms with Crippen molar-refractivity contribution in [2.24, 2.45) is 5.92 Å². The van der Waals surface area contributed by atoms with Gasteiger partial charge in [0.1, 0.15) is 0 Å². The van der Waals surface area contributed by atoms with Crippen LogP contribution in [0.3, 0.4) is 0 Å². The Kier molecular flexibility index (Phi) is 8.54. The zero-order valence-electron chi connectivity index (χ0n) is 13.4. The summed E-state index contributed by atoms with van der Waals surface area (Å²) in [6.45, 7) is 7.96. The molecule has 2 unspecified atom stereocenters. The van der Waals surface area contributed by atoms with Crippen LogP contribution >= 0.6 is 0 Å². The monoisotopic (exact) mass is 295 g/mol. The molecule has 120 valence electrons. The second-order valence-corrected chi connectivity index (χ2v) is 6.04. The van der Waals surface area contributed by atoms with Crippen LogP contribution < -0.4 is 5.32 Å². The number of benzene rings is 1. The molecular weight excluding hydrogens is 266 g/mol. The minimum atomic E-state index is -0.499. The third kappa shape index (κ3) is 8.17. The van der Waals surface area contributed by atoms with Crippen LogP contribution in [0, 0.1) is 5.92 Å². The van der Waals surface area contributed by atoms with Crippen molar-refractivity contribution in [1.82, 2.24) is 5.32 Å². The van der Waals surface area contributed by atoms with Crippen LogP contribution in [-0.2, 0) is 17.9 Å². The average molecular weight is 295 g/mol. The minimum absolute atomic E-state index is 0.0536. The third-order valence-electron chi connectivity index (χ3n) is 3.26. The van der Waals surface area contributed by atoms with E-state index in [1.165, 1.54) is 0 Å². The molecule has 0 aliphatic heterocycles. The molecule has 0 bridgehead atoms. The number of nitrogens with one attached hydrogen (secondary N) is 1. The van der Waals surface area contributed by atoms with Crippen LogP contribution in [0.5, 0.6) is 0 Å². The first-order valence-corrected chi connectivity index (χ1v) is 7.70. The Morgan fingerprint density at radius 2 is 1.90 bits per heavy atom. The first kappa shape index (κ1) is 18.1. The second-order valence-electron chi connectivity index (χ2n) is 6.04. The quantitative estimate of drug-likeness (QED) is 0.618. The Morgan fingerprint density at radius 1 is 1.19 bits per heavy atom. The van der Waals surface area contributed by atoms with Gasteiger partial charge in [0, 0.05) is 13.1 Å². The van der Waals surface area contributed by atoms with Crippen molar-refractivity contribution in [3.8, 4) is 0 Å². The Hall–Kier alpha value is -0.940. The fourth-order valence-corrected chi connectivity index (χ4v) is 2.29. The van der Waals surface area contributed by atoms with Crippen molar-refractivity contribution in [2.45, 2.75) is 52.6 Å². The Labute approximate surface area is 128 Å². The molecule has 0 amide bonds. The molecule has 3 N–H and O–H groups in total. The highest BCUT2D eigenvalue weighted by Crippen LogP contribution is 2.08. The molecule has 1 aromatic carbocycles. The molecule has 4 nitrogen and oxygen atoms in total. The maximum absolute atomic E-state index is 9.88. The number of hydrogen-bond acceptors (Lipinski definition) is 4. The molecular formula is C17H29NO3. The van der Waals surface area contributed by atoms with Gasteiger partial charge in [-0.2, -0.15) is 0 Å². The van der Waals surface area contributed by atoms with Crippen LogP contribution in [0.2, 0.25) is 0 Å². The lowest BCUT2D eigenvalue weighted by atomic mass is 10.1. The SMILES string of the molecule is CC(C)CC(C)OCC(O)CNCc1cccc(CO)c1. The highest BCUT2D eigenvalue weighted by atomic mass is 16.5. The van der Waals surface area contributed by atoms with Crippen molar-refractivity contribution >= 4 is 0 Å². The van der Waals surface area contributed by atoms with E-state index in [9.17, 15) is 5.11 Å². The molecule has 2 atom stereocenters.